The zero-order chi connectivity index (χ0) is 38.2. The molecule has 58 heavy (non-hydrogen) atoms. The Morgan fingerprint density at radius 1 is 0.310 bits per heavy atom. The van der Waals surface area contributed by atoms with E-state index < -0.39 is 0 Å². The average molecular weight is 743 g/mol. The van der Waals surface area contributed by atoms with Gasteiger partial charge in [-0.25, -0.2) is 19.9 Å². The Morgan fingerprint density at radius 3 is 1.62 bits per heavy atom. The molecule has 0 aliphatic heterocycles. The first-order chi connectivity index (χ1) is 28.7. The minimum Gasteiger partial charge on any atom is -0.456 e. The average Bonchev–Trinajstić information content (AvgIpc) is 3.91. The topological polar surface area (TPSA) is 77.8 Å². The molecule has 3 aromatic heterocycles. The zero-order valence-electron chi connectivity index (χ0n) is 30.9. The molecule has 0 amide bonds. The molecule has 6 heteroatoms. The van der Waals surface area contributed by atoms with E-state index in [1.807, 2.05) is 48.5 Å². The summed E-state index contributed by atoms with van der Waals surface area (Å²) in [6, 6.07) is 62.4. The normalized spacial score (nSPS) is 11.8. The van der Waals surface area contributed by atoms with E-state index in [-0.39, 0.29) is 0 Å². The summed E-state index contributed by atoms with van der Waals surface area (Å²) in [6.45, 7) is 0. The van der Waals surface area contributed by atoms with Crippen molar-refractivity contribution >= 4 is 65.4 Å². The van der Waals surface area contributed by atoms with Crippen molar-refractivity contribution in [2.75, 3.05) is 0 Å². The number of benzene rings is 9. The van der Waals surface area contributed by atoms with E-state index in [9.17, 15) is 0 Å². The standard InChI is InChI=1S/C52H30N4O2/c1-2-13-35(14-3-1)52-53-43-28-30-45-47(48(43)58-52)46-40-20-10-22-42(39(40)27-29-44(46)57-45)51-55-49(54-50(56-51)41-21-9-16-32-12-5-7-18-38(32)41)34-25-23-33(24-26-34)37-19-8-15-31-11-4-6-17-36(31)37/h1-30H. The van der Waals surface area contributed by atoms with E-state index >= 15 is 0 Å². The van der Waals surface area contributed by atoms with Gasteiger partial charge in [-0.3, -0.25) is 0 Å². The second-order valence-electron chi connectivity index (χ2n) is 14.6. The Labute approximate surface area is 331 Å². The van der Waals surface area contributed by atoms with Crippen molar-refractivity contribution < 1.29 is 8.83 Å². The number of rotatable bonds is 5. The van der Waals surface area contributed by atoms with Gasteiger partial charge in [0.2, 0.25) is 5.89 Å². The third kappa shape index (κ3) is 5.12. The van der Waals surface area contributed by atoms with Crippen LogP contribution in [0.3, 0.4) is 0 Å². The van der Waals surface area contributed by atoms with Crippen LogP contribution in [-0.4, -0.2) is 19.9 Å². The summed E-state index contributed by atoms with van der Waals surface area (Å²) >= 11 is 0. The van der Waals surface area contributed by atoms with E-state index in [1.54, 1.807) is 0 Å². The molecule has 3 heterocycles. The largest absolute Gasteiger partial charge is 0.456 e. The summed E-state index contributed by atoms with van der Waals surface area (Å²) in [5.74, 6) is 2.36. The quantitative estimate of drug-likeness (QED) is 0.175. The fourth-order valence-corrected chi connectivity index (χ4v) is 8.44. The number of hydrogen-bond donors (Lipinski definition) is 0. The molecule has 0 saturated heterocycles. The Balaban J connectivity index is 1.06. The van der Waals surface area contributed by atoms with Gasteiger partial charge in [-0.15, -0.1) is 0 Å². The van der Waals surface area contributed by atoms with Crippen molar-refractivity contribution in [2.24, 2.45) is 0 Å². The SMILES string of the molecule is c1ccc(-c2nc3ccc4oc5ccc6c(-c7nc(-c8ccc(-c9cccc%10ccccc9%10)cc8)nc(-c8cccc9ccccc89)n7)cccc6c5c4c3o2)cc1. The van der Waals surface area contributed by atoms with Crippen LogP contribution in [0.4, 0.5) is 0 Å². The molecule has 0 aliphatic rings. The summed E-state index contributed by atoms with van der Waals surface area (Å²) in [4.78, 5) is 20.5. The summed E-state index contributed by atoms with van der Waals surface area (Å²) in [7, 11) is 0. The lowest BCUT2D eigenvalue weighted by atomic mass is 9.97. The summed E-state index contributed by atoms with van der Waals surface area (Å²) in [5, 5.41) is 8.48. The summed E-state index contributed by atoms with van der Waals surface area (Å²) in [5.41, 5.74) is 8.95. The number of furan rings is 1. The van der Waals surface area contributed by atoms with E-state index in [1.165, 1.54) is 16.3 Å². The van der Waals surface area contributed by atoms with Crippen molar-refractivity contribution in [1.29, 1.82) is 0 Å². The smallest absolute Gasteiger partial charge is 0.227 e. The molecular weight excluding hydrogens is 713 g/mol. The molecule has 9 aromatic carbocycles. The molecule has 0 unspecified atom stereocenters. The van der Waals surface area contributed by atoms with Crippen molar-refractivity contribution in [2.45, 2.75) is 0 Å². The predicted molar refractivity (Wildman–Crippen MR) is 234 cm³/mol. The first kappa shape index (κ1) is 32.3. The molecule has 0 saturated carbocycles. The molecule has 270 valence electrons. The lowest BCUT2D eigenvalue weighted by Crippen LogP contribution is -2.01. The molecule has 0 fully saturated rings. The van der Waals surface area contributed by atoms with Gasteiger partial charge in [-0.05, 0) is 79.8 Å². The number of aromatic nitrogens is 4. The van der Waals surface area contributed by atoms with Gasteiger partial charge in [0.1, 0.15) is 16.7 Å². The van der Waals surface area contributed by atoms with Gasteiger partial charge in [-0.1, -0.05) is 146 Å². The van der Waals surface area contributed by atoms with Crippen LogP contribution in [0.2, 0.25) is 0 Å². The highest BCUT2D eigenvalue weighted by Crippen LogP contribution is 2.42. The van der Waals surface area contributed by atoms with Crippen LogP contribution in [0, 0.1) is 0 Å². The fourth-order valence-electron chi connectivity index (χ4n) is 8.44. The Morgan fingerprint density at radius 2 is 0.862 bits per heavy atom. The van der Waals surface area contributed by atoms with Crippen molar-refractivity contribution in [3.63, 3.8) is 0 Å². The first-order valence-electron chi connectivity index (χ1n) is 19.3. The van der Waals surface area contributed by atoms with Crippen molar-refractivity contribution in [1.82, 2.24) is 19.9 Å². The number of hydrogen-bond acceptors (Lipinski definition) is 6. The molecule has 12 aromatic rings. The number of fused-ring (bicyclic) bond motifs is 9. The molecule has 6 nitrogen and oxygen atoms in total. The van der Waals surface area contributed by atoms with Crippen LogP contribution < -0.4 is 0 Å². The van der Waals surface area contributed by atoms with Gasteiger partial charge in [0, 0.05) is 27.6 Å². The molecule has 12 rings (SSSR count). The van der Waals surface area contributed by atoms with E-state index in [2.05, 4.69) is 133 Å². The number of oxazole rings is 1. The van der Waals surface area contributed by atoms with E-state index in [0.717, 1.165) is 76.8 Å². The lowest BCUT2D eigenvalue weighted by Gasteiger charge is -2.12. The minimum atomic E-state index is 0.571. The third-order valence-corrected chi connectivity index (χ3v) is 11.2. The Kier molecular flexibility index (Phi) is 7.13. The molecule has 0 N–H and O–H groups in total. The zero-order valence-corrected chi connectivity index (χ0v) is 30.9. The molecule has 0 atom stereocenters. The predicted octanol–water partition coefficient (Wildman–Crippen LogP) is 13.7. The van der Waals surface area contributed by atoms with Crippen LogP contribution >= 0.6 is 0 Å². The maximum absolute atomic E-state index is 6.52. The van der Waals surface area contributed by atoms with Crippen LogP contribution in [-0.2, 0) is 0 Å². The fraction of sp³-hybridized carbons (Fsp3) is 0. The number of nitrogens with zero attached hydrogens (tertiary/aromatic N) is 4. The van der Waals surface area contributed by atoms with Gasteiger partial charge in [0.15, 0.2) is 23.1 Å². The highest BCUT2D eigenvalue weighted by Gasteiger charge is 2.21. The Hall–Kier alpha value is -7.96. The third-order valence-electron chi connectivity index (χ3n) is 11.2. The maximum atomic E-state index is 6.52. The van der Waals surface area contributed by atoms with Crippen LogP contribution in [0.25, 0.3) is 122 Å². The van der Waals surface area contributed by atoms with Gasteiger partial charge < -0.3 is 8.83 Å². The molecule has 0 bridgehead atoms. The highest BCUT2D eigenvalue weighted by molar-refractivity contribution is 6.26. The minimum absolute atomic E-state index is 0.571. The second kappa shape index (κ2) is 12.8. The molecular formula is C52H30N4O2. The van der Waals surface area contributed by atoms with Crippen LogP contribution in [0.5, 0.6) is 0 Å². The van der Waals surface area contributed by atoms with Crippen LogP contribution in [0.1, 0.15) is 0 Å². The van der Waals surface area contributed by atoms with E-state index in [4.69, 9.17) is 28.8 Å². The summed E-state index contributed by atoms with van der Waals surface area (Å²) in [6.07, 6.45) is 0. The van der Waals surface area contributed by atoms with Gasteiger partial charge in [0.25, 0.3) is 0 Å². The summed E-state index contributed by atoms with van der Waals surface area (Å²) < 4.78 is 13.0. The van der Waals surface area contributed by atoms with Gasteiger partial charge >= 0.3 is 0 Å². The van der Waals surface area contributed by atoms with Crippen molar-refractivity contribution in [3.8, 4) is 56.7 Å². The van der Waals surface area contributed by atoms with Gasteiger partial charge in [-0.2, -0.15) is 0 Å². The molecule has 0 radical (unpaired) electrons. The lowest BCUT2D eigenvalue weighted by molar-refractivity contribution is 0.622. The Bertz CT molecular complexity index is 3560. The monoisotopic (exact) mass is 742 g/mol. The second-order valence-corrected chi connectivity index (χ2v) is 14.6. The first-order valence-corrected chi connectivity index (χ1v) is 19.3. The molecule has 0 spiro atoms. The van der Waals surface area contributed by atoms with Gasteiger partial charge in [0.05, 0.1) is 5.39 Å². The highest BCUT2D eigenvalue weighted by atomic mass is 16.4. The van der Waals surface area contributed by atoms with Crippen LogP contribution in [0.15, 0.2) is 191 Å². The van der Waals surface area contributed by atoms with Crippen molar-refractivity contribution in [3.05, 3.63) is 182 Å². The maximum Gasteiger partial charge on any atom is 0.227 e. The molecule has 0 aliphatic carbocycles. The van der Waals surface area contributed by atoms with E-state index in [0.29, 0.717) is 28.9 Å².